The molecule has 1 fully saturated rings. The van der Waals surface area contributed by atoms with Gasteiger partial charge in [0.25, 0.3) is 0 Å². The van der Waals surface area contributed by atoms with Gasteiger partial charge in [0.2, 0.25) is 0 Å². The van der Waals surface area contributed by atoms with E-state index in [4.69, 9.17) is 4.74 Å². The van der Waals surface area contributed by atoms with Crippen LogP contribution in [0.15, 0.2) is 0 Å². The molecule has 1 rings (SSSR count). The number of likely N-dealkylation sites (N-methyl/N-ethyl adjacent to an activating group) is 2. The lowest BCUT2D eigenvalue weighted by Gasteiger charge is -2.40. The van der Waals surface area contributed by atoms with Crippen LogP contribution in [-0.4, -0.2) is 62.3 Å². The summed E-state index contributed by atoms with van der Waals surface area (Å²) in [7, 11) is 4.41. The quantitative estimate of drug-likeness (QED) is 0.690. The Morgan fingerprint density at radius 1 is 1.38 bits per heavy atom. The maximum atomic E-state index is 5.95. The van der Waals surface area contributed by atoms with Crippen LogP contribution < -0.4 is 0 Å². The maximum Gasteiger partial charge on any atom is 0.0857 e. The average molecular weight is 228 g/mol. The van der Waals surface area contributed by atoms with Gasteiger partial charge in [0.1, 0.15) is 0 Å². The van der Waals surface area contributed by atoms with E-state index in [9.17, 15) is 0 Å². The third-order valence-corrected chi connectivity index (χ3v) is 3.66. The van der Waals surface area contributed by atoms with Crippen molar-refractivity contribution >= 4 is 0 Å². The summed E-state index contributed by atoms with van der Waals surface area (Å²) in [4.78, 5) is 4.83. The van der Waals surface area contributed by atoms with Crippen LogP contribution in [0.2, 0.25) is 0 Å². The summed E-state index contributed by atoms with van der Waals surface area (Å²) in [5.74, 6) is 0. The molecule has 96 valence electrons. The van der Waals surface area contributed by atoms with Crippen molar-refractivity contribution < 1.29 is 4.74 Å². The molecule has 3 nitrogen and oxygen atoms in total. The molecule has 0 N–H and O–H groups in total. The number of morpholine rings is 1. The van der Waals surface area contributed by atoms with Gasteiger partial charge in [-0.25, -0.2) is 0 Å². The molecule has 0 saturated carbocycles. The average Bonchev–Trinajstić information content (AvgIpc) is 2.28. The lowest BCUT2D eigenvalue weighted by molar-refractivity contribution is -0.0741. The van der Waals surface area contributed by atoms with E-state index >= 15 is 0 Å². The van der Waals surface area contributed by atoms with Crippen LogP contribution in [0.1, 0.15) is 33.1 Å². The second-order valence-electron chi connectivity index (χ2n) is 4.95. The maximum absolute atomic E-state index is 5.95. The van der Waals surface area contributed by atoms with Gasteiger partial charge >= 0.3 is 0 Å². The van der Waals surface area contributed by atoms with Crippen molar-refractivity contribution in [1.29, 1.82) is 0 Å². The minimum atomic E-state index is 0.398. The topological polar surface area (TPSA) is 15.7 Å². The molecule has 16 heavy (non-hydrogen) atoms. The molecule has 0 aliphatic carbocycles. The van der Waals surface area contributed by atoms with Crippen molar-refractivity contribution in [2.24, 2.45) is 0 Å². The highest BCUT2D eigenvalue weighted by Crippen LogP contribution is 2.18. The van der Waals surface area contributed by atoms with E-state index in [0.717, 1.165) is 26.2 Å². The van der Waals surface area contributed by atoms with Crippen LogP contribution in [-0.2, 0) is 4.74 Å². The first kappa shape index (κ1) is 13.9. The molecule has 0 unspecified atom stereocenters. The van der Waals surface area contributed by atoms with E-state index < -0.39 is 0 Å². The minimum Gasteiger partial charge on any atom is -0.374 e. The summed E-state index contributed by atoms with van der Waals surface area (Å²) in [6.07, 6.45) is 4.26. The Labute approximate surface area is 101 Å². The number of nitrogens with zero attached hydrogens (tertiary/aromatic N) is 2. The third kappa shape index (κ3) is 4.04. The van der Waals surface area contributed by atoms with Gasteiger partial charge in [-0.1, -0.05) is 26.7 Å². The van der Waals surface area contributed by atoms with Crippen molar-refractivity contribution in [2.45, 2.75) is 45.3 Å². The zero-order chi connectivity index (χ0) is 12.0. The van der Waals surface area contributed by atoms with Gasteiger partial charge in [-0.15, -0.1) is 0 Å². The van der Waals surface area contributed by atoms with Gasteiger partial charge in [0.05, 0.1) is 12.7 Å². The molecule has 3 heteroatoms. The lowest BCUT2D eigenvalue weighted by atomic mass is 10.0. The summed E-state index contributed by atoms with van der Waals surface area (Å²) in [6, 6.07) is 0.614. The number of hydrogen-bond acceptors (Lipinski definition) is 3. The zero-order valence-electron chi connectivity index (χ0n) is 11.4. The Morgan fingerprint density at radius 2 is 2.12 bits per heavy atom. The summed E-state index contributed by atoms with van der Waals surface area (Å²) in [5.41, 5.74) is 0. The van der Waals surface area contributed by atoms with Gasteiger partial charge in [-0.2, -0.15) is 0 Å². The SMILES string of the molecule is CCCC[C@@H]1[C@@H](CN(C)CC)OCCN1C. The first-order valence-electron chi connectivity index (χ1n) is 6.69. The Hall–Kier alpha value is -0.120. The lowest BCUT2D eigenvalue weighted by Crippen LogP contribution is -2.53. The normalized spacial score (nSPS) is 27.6. The van der Waals surface area contributed by atoms with Crippen molar-refractivity contribution in [3.8, 4) is 0 Å². The second kappa shape index (κ2) is 7.25. The first-order chi connectivity index (χ1) is 7.69. The predicted octanol–water partition coefficient (Wildman–Crippen LogP) is 1.83. The fourth-order valence-corrected chi connectivity index (χ4v) is 2.34. The number of rotatable bonds is 6. The van der Waals surface area contributed by atoms with Crippen molar-refractivity contribution in [3.63, 3.8) is 0 Å². The smallest absolute Gasteiger partial charge is 0.0857 e. The molecule has 0 aromatic rings. The molecule has 0 bridgehead atoms. The fourth-order valence-electron chi connectivity index (χ4n) is 2.34. The zero-order valence-corrected chi connectivity index (χ0v) is 11.4. The third-order valence-electron chi connectivity index (χ3n) is 3.66. The Bertz CT molecular complexity index is 187. The molecular weight excluding hydrogens is 200 g/mol. The highest BCUT2D eigenvalue weighted by atomic mass is 16.5. The van der Waals surface area contributed by atoms with Crippen LogP contribution in [0.25, 0.3) is 0 Å². The molecule has 0 amide bonds. The Morgan fingerprint density at radius 3 is 2.75 bits per heavy atom. The van der Waals surface area contributed by atoms with Crippen molar-refractivity contribution in [2.75, 3.05) is 40.3 Å². The van der Waals surface area contributed by atoms with E-state index in [-0.39, 0.29) is 0 Å². The predicted molar refractivity (Wildman–Crippen MR) is 68.9 cm³/mol. The molecule has 0 radical (unpaired) electrons. The summed E-state index contributed by atoms with van der Waals surface area (Å²) >= 11 is 0. The van der Waals surface area contributed by atoms with Gasteiger partial charge in [-0.05, 0) is 27.1 Å². The monoisotopic (exact) mass is 228 g/mol. The van der Waals surface area contributed by atoms with E-state index in [2.05, 4.69) is 37.7 Å². The van der Waals surface area contributed by atoms with Crippen molar-refractivity contribution in [3.05, 3.63) is 0 Å². The molecule has 1 heterocycles. The molecule has 0 aromatic carbocycles. The molecular formula is C13H28N2O. The Balaban J connectivity index is 2.48. The first-order valence-corrected chi connectivity index (χ1v) is 6.69. The standard InChI is InChI=1S/C13H28N2O/c1-5-7-8-12-13(11-14(3)6-2)16-10-9-15(12)4/h12-13H,5-11H2,1-4H3/t12-,13-/m1/s1. The molecule has 1 aliphatic rings. The summed E-state index contributed by atoms with van der Waals surface area (Å²) in [6.45, 7) is 8.60. The highest BCUT2D eigenvalue weighted by Gasteiger charge is 2.29. The molecule has 1 aliphatic heterocycles. The second-order valence-corrected chi connectivity index (χ2v) is 4.95. The molecule has 2 atom stereocenters. The largest absolute Gasteiger partial charge is 0.374 e. The summed E-state index contributed by atoms with van der Waals surface area (Å²) in [5, 5.41) is 0. The molecule has 0 spiro atoms. The van der Waals surface area contributed by atoms with Gasteiger partial charge < -0.3 is 9.64 Å². The van der Waals surface area contributed by atoms with Crippen LogP contribution in [0.4, 0.5) is 0 Å². The molecule has 1 saturated heterocycles. The molecule has 0 aromatic heterocycles. The number of ether oxygens (including phenoxy) is 1. The van der Waals surface area contributed by atoms with E-state index in [1.807, 2.05) is 0 Å². The van der Waals surface area contributed by atoms with E-state index in [1.165, 1.54) is 19.3 Å². The number of unbranched alkanes of at least 4 members (excludes halogenated alkanes) is 1. The minimum absolute atomic E-state index is 0.398. The van der Waals surface area contributed by atoms with E-state index in [1.54, 1.807) is 0 Å². The number of hydrogen-bond donors (Lipinski definition) is 0. The van der Waals surface area contributed by atoms with Crippen molar-refractivity contribution in [1.82, 2.24) is 9.80 Å². The van der Waals surface area contributed by atoms with Gasteiger partial charge in [-0.3, -0.25) is 4.90 Å². The van der Waals surface area contributed by atoms with Crippen LogP contribution in [0, 0.1) is 0 Å². The Kier molecular flexibility index (Phi) is 6.32. The van der Waals surface area contributed by atoms with Gasteiger partial charge in [0, 0.05) is 19.1 Å². The van der Waals surface area contributed by atoms with E-state index in [0.29, 0.717) is 12.1 Å². The fraction of sp³-hybridized carbons (Fsp3) is 1.00. The van der Waals surface area contributed by atoms with Gasteiger partial charge in [0.15, 0.2) is 0 Å². The van der Waals surface area contributed by atoms with Crippen LogP contribution in [0.3, 0.4) is 0 Å². The van der Waals surface area contributed by atoms with Crippen LogP contribution in [0.5, 0.6) is 0 Å². The highest BCUT2D eigenvalue weighted by molar-refractivity contribution is 4.83. The summed E-state index contributed by atoms with van der Waals surface area (Å²) < 4.78 is 5.95. The van der Waals surface area contributed by atoms with Crippen LogP contribution >= 0.6 is 0 Å².